The summed E-state index contributed by atoms with van der Waals surface area (Å²) in [5, 5.41) is 11.3. The van der Waals surface area contributed by atoms with Gasteiger partial charge >= 0.3 is 0 Å². The molecule has 8 heavy (non-hydrogen) atoms. The third-order valence-electron chi connectivity index (χ3n) is 0.387. The molecule has 3 heteroatoms. The maximum absolute atomic E-state index is 7.89. The molecule has 0 spiro atoms. The van der Waals surface area contributed by atoms with Gasteiger partial charge in [-0.2, -0.15) is 10.4 Å². The maximum Gasteiger partial charge on any atom is 0.129 e. The topological polar surface area (TPSA) is 58.1 Å². The van der Waals surface area contributed by atoms with Crippen LogP contribution in [-0.4, -0.2) is 6.34 Å². The van der Waals surface area contributed by atoms with Crippen LogP contribution >= 0.6 is 0 Å². The first-order chi connectivity index (χ1) is 3.77. The zero-order chi connectivity index (χ0) is 6.41. The van der Waals surface area contributed by atoms with Gasteiger partial charge in [-0.05, 0) is 13.8 Å². The van der Waals surface area contributed by atoms with Gasteiger partial charge < -0.3 is 0 Å². The Kier molecular flexibility index (Phi) is 3.59. The van der Waals surface area contributed by atoms with Gasteiger partial charge in [-0.15, -0.1) is 0 Å². The highest BCUT2D eigenvalue weighted by Crippen LogP contribution is 1.81. The summed E-state index contributed by atoms with van der Waals surface area (Å²) in [4.78, 5) is 0. The Bertz CT molecular complexity index is 105. The Hall–Kier alpha value is -1.04. The Morgan fingerprint density at radius 3 is 2.00 bits per heavy atom. The molecule has 0 aliphatic carbocycles. The lowest BCUT2D eigenvalue weighted by Crippen LogP contribution is -1.72. The van der Waals surface area contributed by atoms with Gasteiger partial charge in [0.15, 0.2) is 0 Å². The van der Waals surface area contributed by atoms with E-state index in [1.807, 2.05) is 19.9 Å². The van der Waals surface area contributed by atoms with E-state index in [2.05, 4.69) is 10.5 Å². The maximum atomic E-state index is 7.89. The van der Waals surface area contributed by atoms with Crippen LogP contribution in [0, 0.1) is 17.2 Å². The van der Waals surface area contributed by atoms with Crippen LogP contribution in [0.5, 0.6) is 0 Å². The molecule has 0 fully saturated rings. The molecule has 0 saturated carbocycles. The van der Waals surface area contributed by atoms with E-state index in [-0.39, 0.29) is 5.92 Å². The molecular weight excluding hydrogens is 102 g/mol. The van der Waals surface area contributed by atoms with Gasteiger partial charge in [-0.1, -0.05) is 0 Å². The molecule has 0 aromatic heterocycles. The van der Waals surface area contributed by atoms with E-state index in [1.54, 1.807) is 6.34 Å². The van der Waals surface area contributed by atoms with Crippen LogP contribution in [0.15, 0.2) is 5.10 Å². The fraction of sp³-hybridized carbons (Fsp3) is 0.600. The fourth-order valence-corrected chi connectivity index (χ4v) is 0. The number of nitrogens with zero attached hydrogens (tertiary/aromatic N) is 2. The summed E-state index contributed by atoms with van der Waals surface area (Å²) in [7, 11) is 0. The van der Waals surface area contributed by atoms with Gasteiger partial charge in [0, 0.05) is 5.92 Å². The quantitative estimate of drug-likeness (QED) is 0.500. The van der Waals surface area contributed by atoms with E-state index < -0.39 is 0 Å². The average molecular weight is 111 g/mol. The normalized spacial score (nSPS) is 10.8. The molecule has 0 aromatic carbocycles. The van der Waals surface area contributed by atoms with Crippen LogP contribution in [0.4, 0.5) is 0 Å². The monoisotopic (exact) mass is 111 g/mol. The summed E-state index contributed by atoms with van der Waals surface area (Å²) >= 11 is 0. The van der Waals surface area contributed by atoms with Crippen LogP contribution in [0.2, 0.25) is 0 Å². The second-order valence-electron chi connectivity index (χ2n) is 1.67. The highest BCUT2D eigenvalue weighted by Gasteiger charge is 1.78. The Morgan fingerprint density at radius 1 is 1.75 bits per heavy atom. The van der Waals surface area contributed by atoms with Crippen molar-refractivity contribution in [3.63, 3.8) is 0 Å². The van der Waals surface area contributed by atoms with Gasteiger partial charge in [-0.25, -0.2) is 0 Å². The summed E-state index contributed by atoms with van der Waals surface area (Å²) in [6.07, 6.45) is 1.62. The van der Waals surface area contributed by atoms with E-state index in [0.29, 0.717) is 0 Å². The van der Waals surface area contributed by atoms with Crippen LogP contribution in [-0.2, 0) is 0 Å². The molecule has 0 unspecified atom stereocenters. The largest absolute Gasteiger partial charge is 0.265 e. The van der Waals surface area contributed by atoms with E-state index in [0.717, 1.165) is 0 Å². The molecule has 1 heterocycles. The minimum Gasteiger partial charge on any atom is -0.265 e. The number of rotatable bonds is 0. The highest BCUT2D eigenvalue weighted by molar-refractivity contribution is 5.64. The van der Waals surface area contributed by atoms with Crippen molar-refractivity contribution in [2.45, 2.75) is 13.8 Å². The van der Waals surface area contributed by atoms with Crippen LogP contribution in [0.3, 0.4) is 0 Å². The first-order valence-corrected chi connectivity index (χ1v) is 2.44. The van der Waals surface area contributed by atoms with E-state index >= 15 is 0 Å². The molecule has 1 rings (SSSR count). The lowest BCUT2D eigenvalue weighted by molar-refractivity contribution is 0.849. The number of hydrazone groups is 1. The second kappa shape index (κ2) is 4.13. The van der Waals surface area contributed by atoms with E-state index in [1.165, 1.54) is 0 Å². The first kappa shape index (κ1) is 6.96. The minimum atomic E-state index is 0.190. The Labute approximate surface area is 49.0 Å². The van der Waals surface area contributed by atoms with Crippen LogP contribution in [0.25, 0.3) is 0 Å². The molecule has 1 N–H and O–H groups in total. The fourth-order valence-electron chi connectivity index (χ4n) is 0. The molecule has 0 atom stereocenters. The zero-order valence-electron chi connectivity index (χ0n) is 5.05. The van der Waals surface area contributed by atoms with E-state index in [4.69, 9.17) is 5.26 Å². The zero-order valence-corrected chi connectivity index (χ0v) is 5.05. The average Bonchev–Trinajstić information content (AvgIpc) is 2.48. The Balaban J connectivity index is 0.000000135. The lowest BCUT2D eigenvalue weighted by atomic mass is 10.3. The standard InChI is InChI=1S/C4H7N.CH2N2/c1-4(2)3-5;1-2-3-1/h4H,1-2H3;1H,(H,2,3). The molecule has 0 radical (unpaired) electrons. The van der Waals surface area contributed by atoms with Crippen LogP contribution in [0.1, 0.15) is 13.8 Å². The third kappa shape index (κ3) is 20.2. The summed E-state index contributed by atoms with van der Waals surface area (Å²) in [5.74, 6) is 0.190. The van der Waals surface area contributed by atoms with Crippen molar-refractivity contribution >= 4 is 6.34 Å². The van der Waals surface area contributed by atoms with Crippen molar-refractivity contribution in [2.75, 3.05) is 0 Å². The number of nitrogens with one attached hydrogen (secondary N) is 1. The number of hydrogen-bond donors (Lipinski definition) is 1. The molecule has 1 aliphatic heterocycles. The molecule has 0 amide bonds. The van der Waals surface area contributed by atoms with Crippen molar-refractivity contribution in [1.82, 2.24) is 5.43 Å². The van der Waals surface area contributed by atoms with Crippen molar-refractivity contribution in [1.29, 1.82) is 5.26 Å². The van der Waals surface area contributed by atoms with Gasteiger partial charge in [0.1, 0.15) is 6.34 Å². The summed E-state index contributed by atoms with van der Waals surface area (Å²) in [6, 6.07) is 2.03. The molecule has 3 nitrogen and oxygen atoms in total. The van der Waals surface area contributed by atoms with Gasteiger partial charge in [0.2, 0.25) is 0 Å². The second-order valence-corrected chi connectivity index (χ2v) is 1.67. The summed E-state index contributed by atoms with van der Waals surface area (Å²) in [6.45, 7) is 3.72. The van der Waals surface area contributed by atoms with Crippen molar-refractivity contribution in [3.05, 3.63) is 0 Å². The predicted octanol–water partition coefficient (Wildman–Crippen LogP) is 0.699. The van der Waals surface area contributed by atoms with Crippen LogP contribution < -0.4 is 5.43 Å². The first-order valence-electron chi connectivity index (χ1n) is 2.44. The molecule has 0 saturated heterocycles. The lowest BCUT2D eigenvalue weighted by Gasteiger charge is -1.75. The SMILES string of the molecule is C1=NN1.CC(C)C#N. The van der Waals surface area contributed by atoms with Gasteiger partial charge in [0.25, 0.3) is 0 Å². The van der Waals surface area contributed by atoms with E-state index in [9.17, 15) is 0 Å². The summed E-state index contributed by atoms with van der Waals surface area (Å²) < 4.78 is 0. The highest BCUT2D eigenvalue weighted by atomic mass is 15.4. The number of hydrogen-bond acceptors (Lipinski definition) is 3. The smallest absolute Gasteiger partial charge is 0.129 e. The number of nitriles is 1. The van der Waals surface area contributed by atoms with Crippen molar-refractivity contribution in [2.24, 2.45) is 11.0 Å². The summed E-state index contributed by atoms with van der Waals surface area (Å²) in [5.41, 5.74) is 2.50. The van der Waals surface area contributed by atoms with Gasteiger partial charge in [-0.3, -0.25) is 5.43 Å². The van der Waals surface area contributed by atoms with Crippen molar-refractivity contribution < 1.29 is 0 Å². The van der Waals surface area contributed by atoms with Crippen molar-refractivity contribution in [3.8, 4) is 6.07 Å². The molecule has 0 bridgehead atoms. The molecular formula is C5H9N3. The minimum absolute atomic E-state index is 0.190. The molecule has 1 aliphatic rings. The molecule has 0 aromatic rings. The Morgan fingerprint density at radius 2 is 2.00 bits per heavy atom. The van der Waals surface area contributed by atoms with Gasteiger partial charge in [0.05, 0.1) is 6.07 Å². The third-order valence-corrected chi connectivity index (χ3v) is 0.387. The molecule has 44 valence electrons. The predicted molar refractivity (Wildman–Crippen MR) is 32.1 cm³/mol.